The number of hydrogen-bond donors (Lipinski definition) is 2. The Bertz CT molecular complexity index is 790. The van der Waals surface area contributed by atoms with Crippen molar-refractivity contribution >= 4 is 40.0 Å². The van der Waals surface area contributed by atoms with Crippen LogP contribution in [0.1, 0.15) is 31.4 Å². The molecule has 0 saturated carbocycles. The van der Waals surface area contributed by atoms with Gasteiger partial charge in [0.25, 0.3) is 0 Å². The molecule has 0 unspecified atom stereocenters. The zero-order chi connectivity index (χ0) is 20.9. The lowest BCUT2D eigenvalue weighted by Crippen LogP contribution is -2.47. The monoisotopic (exact) mass is 553 g/mol. The lowest BCUT2D eigenvalue weighted by atomic mass is 9.98. The standard InChI is InChI=1S/C15H26F3N7O2S.HI/c1-4-19-14(21-10-13-23-22-11(2)24(13)3)20-9-12-5-7-25(8-6-12)28(26,27)15(16,17)18;/h12H,4-10H2,1-3H3,(H2,19,20,21);1H. The van der Waals surface area contributed by atoms with E-state index in [1.807, 2.05) is 25.5 Å². The van der Waals surface area contributed by atoms with Gasteiger partial charge in [-0.3, -0.25) is 0 Å². The van der Waals surface area contributed by atoms with Gasteiger partial charge in [0.15, 0.2) is 11.8 Å². The van der Waals surface area contributed by atoms with Crippen molar-refractivity contribution in [3.63, 3.8) is 0 Å². The van der Waals surface area contributed by atoms with E-state index >= 15 is 0 Å². The van der Waals surface area contributed by atoms with Crippen LogP contribution < -0.4 is 10.6 Å². The first kappa shape index (κ1) is 25.9. The number of nitrogens with one attached hydrogen (secondary N) is 2. The molecule has 0 radical (unpaired) electrons. The van der Waals surface area contributed by atoms with Crippen LogP contribution in [-0.4, -0.2) is 65.1 Å². The predicted octanol–water partition coefficient (Wildman–Crippen LogP) is 1.36. The molecule has 0 aromatic carbocycles. The Labute approximate surface area is 185 Å². The van der Waals surface area contributed by atoms with Crippen molar-refractivity contribution in [2.24, 2.45) is 18.0 Å². The van der Waals surface area contributed by atoms with E-state index in [4.69, 9.17) is 0 Å². The zero-order valence-electron chi connectivity index (χ0n) is 16.5. The van der Waals surface area contributed by atoms with Gasteiger partial charge in [0, 0.05) is 33.2 Å². The van der Waals surface area contributed by atoms with Crippen LogP contribution in [-0.2, 0) is 23.6 Å². The molecule has 1 aromatic rings. The van der Waals surface area contributed by atoms with Crippen molar-refractivity contribution in [2.75, 3.05) is 26.2 Å². The molecule has 0 bridgehead atoms. The molecule has 29 heavy (non-hydrogen) atoms. The number of aliphatic imine (C=N–C) groups is 1. The topological polar surface area (TPSA) is 105 Å². The summed E-state index contributed by atoms with van der Waals surface area (Å²) >= 11 is 0. The van der Waals surface area contributed by atoms with E-state index in [0.29, 0.717) is 48.6 Å². The van der Waals surface area contributed by atoms with Crippen molar-refractivity contribution in [3.05, 3.63) is 11.6 Å². The van der Waals surface area contributed by atoms with Crippen molar-refractivity contribution < 1.29 is 21.6 Å². The molecule has 0 amide bonds. The molecule has 1 aromatic heterocycles. The van der Waals surface area contributed by atoms with Crippen molar-refractivity contribution in [3.8, 4) is 0 Å². The Morgan fingerprint density at radius 2 is 1.86 bits per heavy atom. The molecular formula is C15H27F3IN7O2S. The third-order valence-electron chi connectivity index (χ3n) is 4.67. The third kappa shape index (κ3) is 6.67. The summed E-state index contributed by atoms with van der Waals surface area (Å²) in [6, 6.07) is 0. The van der Waals surface area contributed by atoms with Crippen LogP contribution in [0.15, 0.2) is 4.99 Å². The number of nitrogens with zero attached hydrogens (tertiary/aromatic N) is 5. The number of alkyl halides is 3. The molecule has 9 nitrogen and oxygen atoms in total. The highest BCUT2D eigenvalue weighted by atomic mass is 127. The van der Waals surface area contributed by atoms with Crippen LogP contribution in [0.25, 0.3) is 0 Å². The molecule has 0 aliphatic carbocycles. The number of sulfonamides is 1. The fraction of sp³-hybridized carbons (Fsp3) is 0.800. The molecule has 1 aliphatic heterocycles. The molecule has 1 saturated heterocycles. The third-order valence-corrected chi connectivity index (χ3v) is 6.30. The number of hydrogen-bond acceptors (Lipinski definition) is 5. The SMILES string of the molecule is CCNC(=NCc1nnc(C)n1C)NCC1CCN(S(=O)(=O)C(F)(F)F)CC1.I. The van der Waals surface area contributed by atoms with Gasteiger partial charge >= 0.3 is 15.5 Å². The van der Waals surface area contributed by atoms with Gasteiger partial charge in [0.1, 0.15) is 12.4 Å². The summed E-state index contributed by atoms with van der Waals surface area (Å²) in [5.74, 6) is 2.11. The Balaban J connectivity index is 0.00000420. The van der Waals surface area contributed by atoms with E-state index in [1.54, 1.807) is 0 Å². The first-order valence-corrected chi connectivity index (χ1v) is 10.4. The van der Waals surface area contributed by atoms with E-state index in [1.165, 1.54) is 0 Å². The van der Waals surface area contributed by atoms with Gasteiger partial charge in [-0.2, -0.15) is 17.5 Å². The Morgan fingerprint density at radius 1 is 1.24 bits per heavy atom. The summed E-state index contributed by atoms with van der Waals surface area (Å²) in [6.45, 7) is 4.95. The molecule has 0 atom stereocenters. The number of aryl methyl sites for hydroxylation is 1. The van der Waals surface area contributed by atoms with Crippen LogP contribution >= 0.6 is 24.0 Å². The number of rotatable bonds is 6. The molecular weight excluding hydrogens is 526 g/mol. The molecule has 2 heterocycles. The lowest BCUT2D eigenvalue weighted by Gasteiger charge is -2.31. The molecule has 14 heteroatoms. The maximum atomic E-state index is 12.6. The number of piperidine rings is 1. The summed E-state index contributed by atoms with van der Waals surface area (Å²) in [7, 11) is -3.39. The van der Waals surface area contributed by atoms with Gasteiger partial charge in [-0.15, -0.1) is 34.2 Å². The first-order chi connectivity index (χ1) is 13.1. The molecule has 2 rings (SSSR count). The first-order valence-electron chi connectivity index (χ1n) is 8.99. The predicted molar refractivity (Wildman–Crippen MR) is 113 cm³/mol. The summed E-state index contributed by atoms with van der Waals surface area (Å²) in [4.78, 5) is 4.44. The minimum Gasteiger partial charge on any atom is -0.357 e. The fourth-order valence-electron chi connectivity index (χ4n) is 2.82. The van der Waals surface area contributed by atoms with E-state index < -0.39 is 15.5 Å². The van der Waals surface area contributed by atoms with Crippen LogP contribution in [0.4, 0.5) is 13.2 Å². The van der Waals surface area contributed by atoms with E-state index in [-0.39, 0.29) is 43.0 Å². The van der Waals surface area contributed by atoms with Crippen LogP contribution in [0.5, 0.6) is 0 Å². The molecule has 168 valence electrons. The van der Waals surface area contributed by atoms with Gasteiger partial charge in [-0.05, 0) is 32.6 Å². The van der Waals surface area contributed by atoms with Gasteiger partial charge in [0.05, 0.1) is 0 Å². The van der Waals surface area contributed by atoms with E-state index in [0.717, 1.165) is 5.82 Å². The summed E-state index contributed by atoms with van der Waals surface area (Å²) in [6.07, 6.45) is 0.703. The number of halogens is 4. The van der Waals surface area contributed by atoms with Crippen LogP contribution in [0.2, 0.25) is 0 Å². The van der Waals surface area contributed by atoms with Crippen molar-refractivity contribution in [2.45, 2.75) is 38.7 Å². The highest BCUT2D eigenvalue weighted by Gasteiger charge is 2.50. The zero-order valence-corrected chi connectivity index (χ0v) is 19.7. The second-order valence-electron chi connectivity index (χ2n) is 6.59. The lowest BCUT2D eigenvalue weighted by molar-refractivity contribution is -0.0496. The Kier molecular flexibility index (Phi) is 9.59. The molecule has 2 N–H and O–H groups in total. The molecule has 1 aliphatic rings. The smallest absolute Gasteiger partial charge is 0.357 e. The fourth-order valence-corrected chi connectivity index (χ4v) is 3.81. The van der Waals surface area contributed by atoms with E-state index in [9.17, 15) is 21.6 Å². The normalized spacial score (nSPS) is 17.1. The highest BCUT2D eigenvalue weighted by molar-refractivity contribution is 14.0. The second kappa shape index (κ2) is 10.7. The van der Waals surface area contributed by atoms with Crippen molar-refractivity contribution in [1.82, 2.24) is 29.7 Å². The van der Waals surface area contributed by atoms with Gasteiger partial charge < -0.3 is 15.2 Å². The largest absolute Gasteiger partial charge is 0.511 e. The Hall–Kier alpha value is -1.16. The average molecular weight is 553 g/mol. The summed E-state index contributed by atoms with van der Waals surface area (Å²) < 4.78 is 63.2. The Morgan fingerprint density at radius 3 is 2.34 bits per heavy atom. The van der Waals surface area contributed by atoms with Crippen LogP contribution in [0, 0.1) is 12.8 Å². The average Bonchev–Trinajstić information content (AvgIpc) is 2.95. The summed E-state index contributed by atoms with van der Waals surface area (Å²) in [5, 5.41) is 14.3. The molecule has 0 spiro atoms. The minimum absolute atomic E-state index is 0. The van der Waals surface area contributed by atoms with Gasteiger partial charge in [-0.25, -0.2) is 13.4 Å². The quantitative estimate of drug-likeness (QED) is 0.313. The maximum absolute atomic E-state index is 12.6. The second-order valence-corrected chi connectivity index (χ2v) is 8.52. The van der Waals surface area contributed by atoms with Gasteiger partial charge in [-0.1, -0.05) is 0 Å². The minimum atomic E-state index is -5.25. The van der Waals surface area contributed by atoms with Gasteiger partial charge in [0.2, 0.25) is 0 Å². The molecule has 1 fully saturated rings. The van der Waals surface area contributed by atoms with Crippen LogP contribution in [0.3, 0.4) is 0 Å². The van der Waals surface area contributed by atoms with Crippen molar-refractivity contribution in [1.29, 1.82) is 0 Å². The highest BCUT2D eigenvalue weighted by Crippen LogP contribution is 2.30. The maximum Gasteiger partial charge on any atom is 0.511 e. The summed E-state index contributed by atoms with van der Waals surface area (Å²) in [5.41, 5.74) is -5.25. The number of guanidine groups is 1. The number of aromatic nitrogens is 3. The van der Waals surface area contributed by atoms with E-state index in [2.05, 4.69) is 25.8 Å².